The Bertz CT molecular complexity index is 1680. The topological polar surface area (TPSA) is 152 Å². The number of pyridine rings is 2. The summed E-state index contributed by atoms with van der Waals surface area (Å²) in [5.41, 5.74) is 8.32. The van der Waals surface area contributed by atoms with Crippen LogP contribution in [0.3, 0.4) is 0 Å². The van der Waals surface area contributed by atoms with Crippen LogP contribution >= 0.6 is 11.3 Å². The van der Waals surface area contributed by atoms with E-state index in [1.54, 1.807) is 25.4 Å². The van der Waals surface area contributed by atoms with Crippen LogP contribution in [0, 0.1) is 11.7 Å². The summed E-state index contributed by atoms with van der Waals surface area (Å²) in [5, 5.41) is 16.2. The molecule has 0 radical (unpaired) electrons. The monoisotopic (exact) mass is 678 g/mol. The van der Waals surface area contributed by atoms with E-state index in [-0.39, 0.29) is 36.1 Å². The summed E-state index contributed by atoms with van der Waals surface area (Å²) in [6.45, 7) is 4.16. The first-order chi connectivity index (χ1) is 23.3. The number of halogens is 1. The van der Waals surface area contributed by atoms with E-state index in [1.807, 2.05) is 31.3 Å². The molecule has 1 aromatic carbocycles. The molecule has 0 spiro atoms. The predicted octanol–water partition coefficient (Wildman–Crippen LogP) is 5.72. The number of nitrogens with one attached hydrogen (secondary N) is 2. The highest BCUT2D eigenvalue weighted by atomic mass is 32.1. The van der Waals surface area contributed by atoms with Gasteiger partial charge in [-0.2, -0.15) is 0 Å². The van der Waals surface area contributed by atoms with E-state index >= 15 is 0 Å². The summed E-state index contributed by atoms with van der Waals surface area (Å²) in [7, 11) is 1.65. The molecular weight excluding hydrogens is 635 g/mol. The number of hydrogen-bond donors (Lipinski definition) is 4. The van der Waals surface area contributed by atoms with Crippen LogP contribution in [0.4, 0.5) is 14.9 Å². The molecule has 11 nitrogen and oxygen atoms in total. The molecular formula is C35H43FN6O5S. The fraction of sp³-hybridized carbons (Fsp3) is 0.429. The van der Waals surface area contributed by atoms with Gasteiger partial charge in [-0.3, -0.25) is 19.7 Å². The molecule has 2 atom stereocenters. The van der Waals surface area contributed by atoms with Gasteiger partial charge in [-0.05, 0) is 61.9 Å². The molecule has 0 bridgehead atoms. The van der Waals surface area contributed by atoms with Crippen LogP contribution in [-0.2, 0) is 16.1 Å². The predicted molar refractivity (Wildman–Crippen MR) is 185 cm³/mol. The Morgan fingerprint density at radius 3 is 2.67 bits per heavy atom. The summed E-state index contributed by atoms with van der Waals surface area (Å²) >= 11 is 1.45. The maximum absolute atomic E-state index is 15.0. The molecule has 1 aliphatic rings. The van der Waals surface area contributed by atoms with E-state index < -0.39 is 11.9 Å². The number of fused-ring (bicyclic) bond motifs is 1. The van der Waals surface area contributed by atoms with Crippen molar-refractivity contribution in [3.63, 3.8) is 0 Å². The number of nitrogens with two attached hydrogens (primary N) is 1. The van der Waals surface area contributed by atoms with Crippen molar-refractivity contribution in [3.8, 4) is 22.1 Å². The van der Waals surface area contributed by atoms with E-state index in [1.165, 1.54) is 23.5 Å². The van der Waals surface area contributed by atoms with Gasteiger partial charge in [0.05, 0.1) is 40.0 Å². The van der Waals surface area contributed by atoms with Gasteiger partial charge < -0.3 is 30.9 Å². The summed E-state index contributed by atoms with van der Waals surface area (Å²) in [6.07, 6.45) is 6.61. The molecule has 48 heavy (non-hydrogen) atoms. The van der Waals surface area contributed by atoms with Crippen LogP contribution in [0.2, 0.25) is 0 Å². The number of ketones is 1. The minimum absolute atomic E-state index is 0.0282. The van der Waals surface area contributed by atoms with Gasteiger partial charge in [0.25, 0.3) is 0 Å². The Hall–Kier alpha value is -4.01. The Morgan fingerprint density at radius 2 is 1.98 bits per heavy atom. The molecule has 1 fully saturated rings. The molecule has 0 saturated heterocycles. The third-order valence-electron chi connectivity index (χ3n) is 8.26. The first-order valence-electron chi connectivity index (χ1n) is 16.3. The van der Waals surface area contributed by atoms with Gasteiger partial charge in [0.2, 0.25) is 0 Å². The smallest absolute Gasteiger partial charge is 0.319 e. The molecule has 5 N–H and O–H groups in total. The van der Waals surface area contributed by atoms with Crippen LogP contribution in [0.5, 0.6) is 11.5 Å². The molecule has 13 heteroatoms. The van der Waals surface area contributed by atoms with E-state index in [0.717, 1.165) is 33.7 Å². The number of anilines is 1. The van der Waals surface area contributed by atoms with Gasteiger partial charge in [0.1, 0.15) is 11.5 Å². The second kappa shape index (κ2) is 16.9. The lowest BCUT2D eigenvalue weighted by atomic mass is 9.94. The van der Waals surface area contributed by atoms with E-state index in [2.05, 4.69) is 20.5 Å². The van der Waals surface area contributed by atoms with Crippen LogP contribution in [0.25, 0.3) is 20.8 Å². The minimum atomic E-state index is -0.600. The van der Waals surface area contributed by atoms with E-state index in [4.69, 9.17) is 20.2 Å². The van der Waals surface area contributed by atoms with Crippen molar-refractivity contribution in [1.82, 2.24) is 20.2 Å². The number of hydrogen-bond acceptors (Lipinski definition) is 10. The number of ether oxygens (including phenoxy) is 2. The third kappa shape index (κ3) is 9.77. The van der Waals surface area contributed by atoms with Crippen LogP contribution in [0.1, 0.15) is 44.6 Å². The number of rotatable bonds is 18. The zero-order valence-corrected chi connectivity index (χ0v) is 28.1. The first-order valence-corrected chi connectivity index (χ1v) is 17.1. The van der Waals surface area contributed by atoms with Crippen molar-refractivity contribution < 1.29 is 28.6 Å². The maximum atomic E-state index is 15.0. The fourth-order valence-electron chi connectivity index (χ4n) is 5.40. The zero-order chi connectivity index (χ0) is 34.0. The molecule has 256 valence electrons. The Labute approximate surface area is 283 Å². The number of aromatic nitrogens is 2. The van der Waals surface area contributed by atoms with Gasteiger partial charge in [0, 0.05) is 68.9 Å². The van der Waals surface area contributed by atoms with E-state index in [0.29, 0.717) is 62.5 Å². The number of nitrogens with zero attached hydrogens (tertiary/aromatic N) is 3. The van der Waals surface area contributed by atoms with Gasteiger partial charge >= 0.3 is 6.03 Å². The summed E-state index contributed by atoms with van der Waals surface area (Å²) in [6, 6.07) is 11.7. The second-order valence-corrected chi connectivity index (χ2v) is 13.1. The van der Waals surface area contributed by atoms with Gasteiger partial charge in [-0.1, -0.05) is 13.0 Å². The average molecular weight is 679 g/mol. The van der Waals surface area contributed by atoms with Crippen molar-refractivity contribution in [1.29, 1.82) is 0 Å². The standard InChI is InChI=1S/C35H43FN6O5S/c1-3-23(30(44)18-37)5-9-26(43)21-42(14-15-46-2)20-22-4-10-28(39-19-22)33-17-29-34(48-33)32(12-13-38-29)47-31-11-8-25(16-27(31)36)41-35(45)40-24-6-7-24/h4,8,10-13,16-17,19,23-24,26,43H,3,5-7,9,14-15,18,20-21,37H2,1-2H3,(H2,40,41,45). The highest BCUT2D eigenvalue weighted by Gasteiger charge is 2.23. The minimum Gasteiger partial charge on any atom is -0.453 e. The quantitative estimate of drug-likeness (QED) is 0.104. The van der Waals surface area contributed by atoms with Gasteiger partial charge in [-0.15, -0.1) is 11.3 Å². The number of urea groups is 1. The number of carbonyl (C=O) groups is 2. The van der Waals surface area contributed by atoms with E-state index in [9.17, 15) is 19.1 Å². The summed E-state index contributed by atoms with van der Waals surface area (Å²) in [4.78, 5) is 36.2. The molecule has 4 aromatic rings. The summed E-state index contributed by atoms with van der Waals surface area (Å²) < 4.78 is 27.0. The lowest BCUT2D eigenvalue weighted by Gasteiger charge is -2.25. The second-order valence-electron chi connectivity index (χ2n) is 12.0. The highest BCUT2D eigenvalue weighted by Crippen LogP contribution is 2.39. The summed E-state index contributed by atoms with van der Waals surface area (Å²) in [5.74, 6) is -0.191. The molecule has 5 rings (SSSR count). The largest absolute Gasteiger partial charge is 0.453 e. The number of benzene rings is 1. The van der Waals surface area contributed by atoms with Crippen molar-refractivity contribution in [2.45, 2.75) is 57.7 Å². The molecule has 3 heterocycles. The number of amides is 2. The Morgan fingerprint density at radius 1 is 1.15 bits per heavy atom. The Balaban J connectivity index is 1.22. The number of Topliss-reactive ketones (excluding diaryl/α,β-unsaturated/α-hetero) is 1. The molecule has 1 saturated carbocycles. The third-order valence-corrected chi connectivity index (χ3v) is 9.42. The maximum Gasteiger partial charge on any atom is 0.319 e. The fourth-order valence-corrected chi connectivity index (χ4v) is 6.44. The lowest BCUT2D eigenvalue weighted by molar-refractivity contribution is -0.122. The SMILES string of the molecule is CCC(CCC(O)CN(CCOC)Cc1ccc(-c2cc3nccc(Oc4ccc(NC(=O)NC5CC5)cc4F)c3s2)nc1)C(=O)CN. The molecule has 2 amide bonds. The molecule has 1 aliphatic carbocycles. The van der Waals surface area contributed by atoms with Gasteiger partial charge in [0.15, 0.2) is 11.6 Å². The van der Waals surface area contributed by atoms with Crippen LogP contribution in [-0.4, -0.2) is 77.3 Å². The van der Waals surface area contributed by atoms with Gasteiger partial charge in [-0.25, -0.2) is 9.18 Å². The Kier molecular flexibility index (Phi) is 12.4. The highest BCUT2D eigenvalue weighted by molar-refractivity contribution is 7.22. The number of aliphatic hydroxyl groups excluding tert-OH is 1. The molecule has 0 aliphatic heterocycles. The molecule has 2 unspecified atom stereocenters. The van der Waals surface area contributed by atoms with Crippen molar-refractivity contribution in [3.05, 3.63) is 66.2 Å². The van der Waals surface area contributed by atoms with Crippen LogP contribution in [0.15, 0.2) is 54.9 Å². The van der Waals surface area contributed by atoms with Crippen molar-refractivity contribution >= 4 is 39.1 Å². The number of methoxy groups -OCH3 is 1. The van der Waals surface area contributed by atoms with Crippen LogP contribution < -0.4 is 21.1 Å². The lowest BCUT2D eigenvalue weighted by Crippen LogP contribution is -2.35. The van der Waals surface area contributed by atoms with Crippen molar-refractivity contribution in [2.24, 2.45) is 11.7 Å². The number of carbonyl (C=O) groups excluding carboxylic acids is 2. The average Bonchev–Trinajstić information content (AvgIpc) is 3.78. The zero-order valence-electron chi connectivity index (χ0n) is 27.3. The van der Waals surface area contributed by atoms with Crippen molar-refractivity contribution in [2.75, 3.05) is 38.7 Å². The molecule has 3 aromatic heterocycles. The number of thiophene rings is 1. The number of aliphatic hydroxyl groups is 1. The first kappa shape index (κ1) is 35.3. The normalized spacial score (nSPS) is 14.2.